The minimum Gasteiger partial charge on any atom is -0.494 e. The molecule has 1 aromatic rings. The van der Waals surface area contributed by atoms with Crippen molar-refractivity contribution >= 4 is 23.9 Å². The fourth-order valence-electron chi connectivity index (χ4n) is 5.04. The number of fused-ring (bicyclic) bond motifs is 3. The van der Waals surface area contributed by atoms with Crippen LogP contribution in [0.5, 0.6) is 5.75 Å². The van der Waals surface area contributed by atoms with Gasteiger partial charge in [-0.25, -0.2) is 9.59 Å². The minimum atomic E-state index is -1.13. The summed E-state index contributed by atoms with van der Waals surface area (Å²) in [6, 6.07) is 4.46. The van der Waals surface area contributed by atoms with E-state index >= 15 is 0 Å². The van der Waals surface area contributed by atoms with Crippen LogP contribution in [0.1, 0.15) is 56.9 Å². The summed E-state index contributed by atoms with van der Waals surface area (Å²) in [7, 11) is 0. The van der Waals surface area contributed by atoms with E-state index < -0.39 is 36.1 Å². The number of carbonyl (C=O) groups is 4. The number of alkyl carbamates (subject to hydrolysis) is 1. The third-order valence-electron chi connectivity index (χ3n) is 6.86. The van der Waals surface area contributed by atoms with Crippen molar-refractivity contribution in [2.75, 3.05) is 13.2 Å². The van der Waals surface area contributed by atoms with Gasteiger partial charge in [0.2, 0.25) is 11.8 Å². The molecule has 0 radical (unpaired) electrons. The highest BCUT2D eigenvalue weighted by Gasteiger charge is 2.39. The Bertz CT molecular complexity index is 947. The van der Waals surface area contributed by atoms with Gasteiger partial charge >= 0.3 is 12.1 Å². The van der Waals surface area contributed by atoms with Crippen molar-refractivity contribution in [1.82, 2.24) is 15.5 Å². The van der Waals surface area contributed by atoms with Gasteiger partial charge in [-0.2, -0.15) is 0 Å². The molecule has 3 atom stereocenters. The number of carboxylic acid groups (broad SMARTS) is 1. The van der Waals surface area contributed by atoms with Crippen molar-refractivity contribution in [3.8, 4) is 5.75 Å². The summed E-state index contributed by atoms with van der Waals surface area (Å²) in [5, 5.41) is 14.9. The minimum absolute atomic E-state index is 0.151. The van der Waals surface area contributed by atoms with Gasteiger partial charge in [-0.1, -0.05) is 12.1 Å². The highest BCUT2D eigenvalue weighted by Crippen LogP contribution is 2.23. The maximum Gasteiger partial charge on any atom is 0.408 e. The molecule has 1 aromatic carbocycles. The summed E-state index contributed by atoms with van der Waals surface area (Å²) >= 11 is 0. The standard InChI is InChI=1S/C25H33N3O7/c29-22-21-11-4-12-28(21)23(30)20(27-25(33)35-17-7-1-2-8-17)15-16-6-3-9-18(14-16)34-13-5-10-19(26-22)24(31)32/h3,6,9,14,17,19-21H,1-2,4-5,7-8,10-13,15H2,(H,26,29)(H,27,33)(H,31,32)/t19-,20-,21-/m0/s1. The third-order valence-corrected chi connectivity index (χ3v) is 6.86. The van der Waals surface area contributed by atoms with Crippen molar-refractivity contribution in [1.29, 1.82) is 0 Å². The van der Waals surface area contributed by atoms with Crippen LogP contribution in [0.15, 0.2) is 24.3 Å². The average Bonchev–Trinajstić information content (AvgIpc) is 3.52. The van der Waals surface area contributed by atoms with Crippen LogP contribution in [0.2, 0.25) is 0 Å². The number of hydrogen-bond donors (Lipinski definition) is 3. The van der Waals surface area contributed by atoms with Gasteiger partial charge in [0.05, 0.1) is 6.61 Å². The lowest BCUT2D eigenvalue weighted by atomic mass is 10.0. The van der Waals surface area contributed by atoms with Crippen molar-refractivity contribution in [3.05, 3.63) is 29.8 Å². The smallest absolute Gasteiger partial charge is 0.408 e. The fourth-order valence-corrected chi connectivity index (χ4v) is 5.04. The van der Waals surface area contributed by atoms with E-state index in [9.17, 15) is 24.3 Å². The number of aliphatic carboxylic acids is 1. The second kappa shape index (κ2) is 11.4. The Balaban J connectivity index is 1.58. The van der Waals surface area contributed by atoms with Crippen LogP contribution in [0, 0.1) is 0 Å². The zero-order valence-corrected chi connectivity index (χ0v) is 19.7. The molecule has 10 nitrogen and oxygen atoms in total. The monoisotopic (exact) mass is 487 g/mol. The SMILES string of the molecule is O=C(N[C@H]1Cc2cccc(c2)OCCC[C@@H](C(=O)O)NC(=O)[C@@H]2CCCN2C1=O)OC1CCCC1. The van der Waals surface area contributed by atoms with Crippen LogP contribution >= 0.6 is 0 Å². The fraction of sp³-hybridized carbons (Fsp3) is 0.600. The molecular formula is C25H33N3O7. The molecule has 0 unspecified atom stereocenters. The maximum absolute atomic E-state index is 13.6. The number of ether oxygens (including phenoxy) is 2. The molecule has 10 heteroatoms. The topological polar surface area (TPSA) is 134 Å². The molecule has 3 amide bonds. The van der Waals surface area contributed by atoms with Gasteiger partial charge < -0.3 is 30.1 Å². The quantitative estimate of drug-likeness (QED) is 0.594. The third kappa shape index (κ3) is 6.43. The lowest BCUT2D eigenvalue weighted by Gasteiger charge is -2.29. The molecule has 4 rings (SSSR count). The van der Waals surface area contributed by atoms with E-state index in [1.165, 1.54) is 4.90 Å². The summed E-state index contributed by atoms with van der Waals surface area (Å²) in [5.41, 5.74) is 0.792. The molecule has 0 spiro atoms. The highest BCUT2D eigenvalue weighted by molar-refractivity contribution is 5.93. The number of carbonyl (C=O) groups excluding carboxylic acids is 3. The zero-order chi connectivity index (χ0) is 24.8. The molecule has 1 saturated carbocycles. The molecule has 0 aromatic heterocycles. The Labute approximate surface area is 204 Å². The van der Waals surface area contributed by atoms with Crippen LogP contribution in [0.25, 0.3) is 0 Å². The van der Waals surface area contributed by atoms with E-state index in [1.54, 1.807) is 6.07 Å². The molecule has 2 aliphatic heterocycles. The molecule has 2 fully saturated rings. The van der Waals surface area contributed by atoms with Gasteiger partial charge in [0.15, 0.2) is 0 Å². The second-order valence-electron chi connectivity index (χ2n) is 9.44. The molecule has 3 N–H and O–H groups in total. The number of nitrogens with one attached hydrogen (secondary N) is 2. The molecule has 1 aliphatic carbocycles. The van der Waals surface area contributed by atoms with Crippen molar-refractivity contribution in [3.63, 3.8) is 0 Å². The van der Waals surface area contributed by atoms with Crippen molar-refractivity contribution < 1.29 is 33.8 Å². The average molecular weight is 488 g/mol. The predicted octanol–water partition coefficient (Wildman–Crippen LogP) is 2.00. The number of hydrogen-bond acceptors (Lipinski definition) is 6. The molecule has 35 heavy (non-hydrogen) atoms. The van der Waals surface area contributed by atoms with Gasteiger partial charge in [-0.3, -0.25) is 9.59 Å². The second-order valence-corrected chi connectivity index (χ2v) is 9.44. The van der Waals surface area contributed by atoms with E-state index in [1.807, 2.05) is 18.2 Å². The summed E-state index contributed by atoms with van der Waals surface area (Å²) in [6.07, 6.45) is 4.74. The van der Waals surface area contributed by atoms with E-state index in [4.69, 9.17) is 9.47 Å². The van der Waals surface area contributed by atoms with E-state index in [-0.39, 0.29) is 31.5 Å². The first-order valence-corrected chi connectivity index (χ1v) is 12.4. The first-order valence-electron chi connectivity index (χ1n) is 12.4. The molecule has 190 valence electrons. The molecule has 3 aliphatic rings. The van der Waals surface area contributed by atoms with Gasteiger partial charge in [0, 0.05) is 13.0 Å². The van der Waals surface area contributed by atoms with Crippen LogP contribution in [0.4, 0.5) is 4.79 Å². The number of rotatable bonds is 3. The van der Waals surface area contributed by atoms with Gasteiger partial charge in [0.25, 0.3) is 0 Å². The van der Waals surface area contributed by atoms with Crippen LogP contribution in [-0.4, -0.2) is 71.3 Å². The zero-order valence-electron chi connectivity index (χ0n) is 19.7. The molecular weight excluding hydrogens is 454 g/mol. The molecule has 2 bridgehead atoms. The van der Waals surface area contributed by atoms with Crippen molar-refractivity contribution in [2.45, 2.75) is 82.0 Å². The summed E-state index contributed by atoms with van der Waals surface area (Å²) in [6.45, 7) is 0.640. The Morgan fingerprint density at radius 1 is 1.09 bits per heavy atom. The number of carboxylic acids is 1. The Morgan fingerprint density at radius 3 is 2.66 bits per heavy atom. The Morgan fingerprint density at radius 2 is 1.89 bits per heavy atom. The largest absolute Gasteiger partial charge is 0.494 e. The predicted molar refractivity (Wildman–Crippen MR) is 125 cm³/mol. The summed E-state index contributed by atoms with van der Waals surface area (Å²) in [4.78, 5) is 52.4. The highest BCUT2D eigenvalue weighted by atomic mass is 16.6. The normalized spacial score (nSPS) is 26.1. The molecule has 2 heterocycles. The Hall–Kier alpha value is -3.30. The number of nitrogens with zero attached hydrogens (tertiary/aromatic N) is 1. The summed E-state index contributed by atoms with van der Waals surface area (Å²) in [5.74, 6) is -1.42. The van der Waals surface area contributed by atoms with Crippen LogP contribution in [-0.2, 0) is 25.5 Å². The van der Waals surface area contributed by atoms with Gasteiger partial charge in [0.1, 0.15) is 30.0 Å². The molecule has 1 saturated heterocycles. The van der Waals surface area contributed by atoms with Gasteiger partial charge in [-0.15, -0.1) is 0 Å². The van der Waals surface area contributed by atoms with E-state index in [0.717, 1.165) is 31.2 Å². The van der Waals surface area contributed by atoms with Crippen LogP contribution in [0.3, 0.4) is 0 Å². The Kier molecular flexibility index (Phi) is 8.09. The van der Waals surface area contributed by atoms with E-state index in [2.05, 4.69) is 10.6 Å². The number of benzene rings is 1. The van der Waals surface area contributed by atoms with E-state index in [0.29, 0.717) is 31.6 Å². The van der Waals surface area contributed by atoms with Gasteiger partial charge in [-0.05, 0) is 69.1 Å². The lowest BCUT2D eigenvalue weighted by molar-refractivity contribution is -0.144. The first kappa shape index (κ1) is 24.8. The summed E-state index contributed by atoms with van der Waals surface area (Å²) < 4.78 is 11.3. The first-order chi connectivity index (χ1) is 16.9. The van der Waals surface area contributed by atoms with Crippen LogP contribution < -0.4 is 15.4 Å². The lowest BCUT2D eigenvalue weighted by Crippen LogP contribution is -2.56. The number of amides is 3. The maximum atomic E-state index is 13.6. The van der Waals surface area contributed by atoms with Crippen molar-refractivity contribution in [2.24, 2.45) is 0 Å².